The summed E-state index contributed by atoms with van der Waals surface area (Å²) >= 11 is 1.51. The molecule has 9 rings (SSSR count). The predicted molar refractivity (Wildman–Crippen MR) is 182 cm³/mol. The molecule has 3 aromatic heterocycles. The molecule has 0 aliphatic heterocycles. The summed E-state index contributed by atoms with van der Waals surface area (Å²) in [5, 5.41) is 3.78. The van der Waals surface area contributed by atoms with Crippen molar-refractivity contribution in [3.63, 3.8) is 0 Å². The predicted octanol–water partition coefficient (Wildman–Crippen LogP) is 10.8. The first-order valence-corrected chi connectivity index (χ1v) is 14.9. The van der Waals surface area contributed by atoms with Crippen molar-refractivity contribution in [2.75, 3.05) is 0 Å². The summed E-state index contributed by atoms with van der Waals surface area (Å²) in [5.74, 6) is 1.48. The molecule has 0 amide bonds. The summed E-state index contributed by atoms with van der Waals surface area (Å²) in [5.41, 5.74) is 4.63. The molecule has 0 spiro atoms. The fourth-order valence-electron chi connectivity index (χ4n) is 5.87. The van der Waals surface area contributed by atoms with E-state index in [1.54, 1.807) is 0 Å². The maximum absolute atomic E-state index is 8.66. The van der Waals surface area contributed by atoms with Crippen molar-refractivity contribution in [2.45, 2.75) is 0 Å². The van der Waals surface area contributed by atoms with Crippen LogP contribution in [-0.2, 0) is 0 Å². The van der Waals surface area contributed by atoms with Crippen LogP contribution in [0.1, 0.15) is 6.85 Å². The molecule has 0 radical (unpaired) electrons. The van der Waals surface area contributed by atoms with Crippen LogP contribution in [0.2, 0.25) is 0 Å². The Hall–Kier alpha value is -5.65. The van der Waals surface area contributed by atoms with Crippen LogP contribution in [0.4, 0.5) is 0 Å². The Kier molecular flexibility index (Phi) is 4.60. The van der Waals surface area contributed by atoms with E-state index < -0.39 is 6.04 Å². The summed E-state index contributed by atoms with van der Waals surface area (Å²) in [4.78, 5) is 15.1. The molecule has 4 nitrogen and oxygen atoms in total. The van der Waals surface area contributed by atoms with E-state index in [9.17, 15) is 0 Å². The first-order valence-electron chi connectivity index (χ1n) is 16.6. The second-order valence-electron chi connectivity index (χ2n) is 10.4. The van der Waals surface area contributed by atoms with Gasteiger partial charge in [-0.3, -0.25) is 0 Å². The van der Waals surface area contributed by atoms with Gasteiger partial charge in [0.05, 0.1) is 12.4 Å². The third-order valence-electron chi connectivity index (χ3n) is 7.85. The van der Waals surface area contributed by atoms with Gasteiger partial charge < -0.3 is 4.42 Å². The summed E-state index contributed by atoms with van der Waals surface area (Å²) in [6, 6.07) is 33.8. The van der Waals surface area contributed by atoms with Gasteiger partial charge in [-0.15, -0.1) is 11.3 Å². The highest BCUT2D eigenvalue weighted by molar-refractivity contribution is 7.26. The number of nitrogens with zero attached hydrogens (tertiary/aromatic N) is 3. The molecule has 206 valence electrons. The third-order valence-corrected chi connectivity index (χ3v) is 9.05. The molecular weight excluding hydrogens is 559 g/mol. The number of rotatable bonds is 4. The molecule has 0 saturated carbocycles. The Morgan fingerprint density at radius 2 is 1.18 bits per heavy atom. The van der Waals surface area contributed by atoms with Crippen molar-refractivity contribution >= 4 is 53.4 Å². The maximum atomic E-state index is 8.66. The van der Waals surface area contributed by atoms with Gasteiger partial charge in [-0.2, -0.15) is 0 Å². The smallest absolute Gasteiger partial charge is 0.167 e. The Bertz CT molecular complexity index is 2770. The summed E-state index contributed by atoms with van der Waals surface area (Å²) in [6.07, 6.45) is 0. The lowest BCUT2D eigenvalue weighted by Gasteiger charge is -2.10. The fraction of sp³-hybridized carbons (Fsp3) is 0. The van der Waals surface area contributed by atoms with E-state index in [1.807, 2.05) is 109 Å². The largest absolute Gasteiger partial charge is 0.455 e. The molecule has 5 heteroatoms. The van der Waals surface area contributed by atoms with Crippen molar-refractivity contribution < 1.29 is 11.3 Å². The van der Waals surface area contributed by atoms with E-state index in [0.717, 1.165) is 53.2 Å². The third kappa shape index (κ3) is 3.94. The van der Waals surface area contributed by atoms with Gasteiger partial charge in [0, 0.05) is 42.1 Å². The minimum Gasteiger partial charge on any atom is -0.455 e. The van der Waals surface area contributed by atoms with Crippen LogP contribution >= 0.6 is 11.3 Å². The summed E-state index contributed by atoms with van der Waals surface area (Å²) < 4.78 is 50.1. The Balaban J connectivity index is 1.32. The molecule has 9 aromatic rings. The number of furan rings is 1. The van der Waals surface area contributed by atoms with Gasteiger partial charge in [0.1, 0.15) is 11.2 Å². The molecule has 0 unspecified atom stereocenters. The van der Waals surface area contributed by atoms with Crippen molar-refractivity contribution in [1.82, 2.24) is 15.0 Å². The highest BCUT2D eigenvalue weighted by atomic mass is 32.1. The summed E-state index contributed by atoms with van der Waals surface area (Å²) in [6.45, 7) is 0. The van der Waals surface area contributed by atoms with Crippen LogP contribution in [0.3, 0.4) is 0 Å². The number of fused-ring (bicyclic) bond motifs is 6. The van der Waals surface area contributed by atoms with Crippen LogP contribution in [0, 0.1) is 0 Å². The molecule has 44 heavy (non-hydrogen) atoms. The first kappa shape index (κ1) is 20.3. The minimum atomic E-state index is -0.414. The minimum absolute atomic E-state index is 0.178. The SMILES string of the molecule is [2H]c1c([2H])c([2H])c(-c2cccc3c2sc2cccc(-c4nc(-c5ccccc5)nc(-c5cccc6c5oc5ccccc56)n4)c23)c([2H])c1[2H]. The normalized spacial score (nSPS) is 13.2. The van der Waals surface area contributed by atoms with E-state index in [1.165, 1.54) is 11.3 Å². The molecule has 0 atom stereocenters. The zero-order valence-electron chi connectivity index (χ0n) is 28.1. The number of hydrogen-bond acceptors (Lipinski definition) is 5. The van der Waals surface area contributed by atoms with Gasteiger partial charge in [0.25, 0.3) is 0 Å². The monoisotopic (exact) mass is 586 g/mol. The molecule has 3 heterocycles. The van der Waals surface area contributed by atoms with E-state index in [-0.39, 0.29) is 29.7 Å². The molecular formula is C39H23N3OS. The zero-order chi connectivity index (χ0) is 33.4. The van der Waals surface area contributed by atoms with Gasteiger partial charge in [0.15, 0.2) is 17.5 Å². The molecule has 0 bridgehead atoms. The number of thiophene rings is 1. The molecule has 0 N–H and O–H groups in total. The average Bonchev–Trinajstić information content (AvgIpc) is 3.73. The Morgan fingerprint density at radius 3 is 2.05 bits per heavy atom. The number of benzene rings is 6. The maximum Gasteiger partial charge on any atom is 0.167 e. The van der Waals surface area contributed by atoms with E-state index in [0.29, 0.717) is 28.6 Å². The van der Waals surface area contributed by atoms with E-state index in [4.69, 9.17) is 26.2 Å². The van der Waals surface area contributed by atoms with Crippen LogP contribution in [0.25, 0.3) is 87.4 Å². The van der Waals surface area contributed by atoms with Crippen molar-refractivity contribution in [1.29, 1.82) is 0 Å². The highest BCUT2D eigenvalue weighted by Gasteiger charge is 2.20. The Labute approximate surface area is 264 Å². The number of hydrogen-bond donors (Lipinski definition) is 0. The second-order valence-corrected chi connectivity index (χ2v) is 11.5. The first-order chi connectivity index (χ1) is 23.9. The Morgan fingerprint density at radius 1 is 0.523 bits per heavy atom. The molecule has 0 fully saturated rings. The van der Waals surface area contributed by atoms with Gasteiger partial charge in [-0.1, -0.05) is 121 Å². The van der Waals surface area contributed by atoms with Gasteiger partial charge in [-0.25, -0.2) is 15.0 Å². The van der Waals surface area contributed by atoms with Crippen LogP contribution < -0.4 is 0 Å². The van der Waals surface area contributed by atoms with Crippen LogP contribution in [0.5, 0.6) is 0 Å². The number of para-hydroxylation sites is 2. The highest BCUT2D eigenvalue weighted by Crippen LogP contribution is 2.44. The molecule has 6 aromatic carbocycles. The summed E-state index contributed by atoms with van der Waals surface area (Å²) in [7, 11) is 0. The lowest BCUT2D eigenvalue weighted by atomic mass is 10.0. The topological polar surface area (TPSA) is 51.8 Å². The zero-order valence-corrected chi connectivity index (χ0v) is 23.9. The average molecular weight is 587 g/mol. The van der Waals surface area contributed by atoms with E-state index in [2.05, 4.69) is 0 Å². The van der Waals surface area contributed by atoms with Crippen LogP contribution in [-0.4, -0.2) is 15.0 Å². The van der Waals surface area contributed by atoms with Crippen molar-refractivity contribution in [2.24, 2.45) is 0 Å². The molecule has 0 aliphatic carbocycles. The quantitative estimate of drug-likeness (QED) is 0.206. The second kappa shape index (κ2) is 9.97. The van der Waals surface area contributed by atoms with Crippen LogP contribution in [0.15, 0.2) is 144 Å². The fourth-order valence-corrected chi connectivity index (χ4v) is 7.12. The lowest BCUT2D eigenvalue weighted by molar-refractivity contribution is 0.669. The van der Waals surface area contributed by atoms with Gasteiger partial charge in [-0.05, 0) is 29.3 Å². The molecule has 0 aliphatic rings. The standard InChI is InChI=1S/C39H23N3OS/c1-3-12-24(13-4-1)26-17-9-19-29-34-30(20-11-23-33(34)44-36(26)29)38-40-37(25-14-5-2-6-15-25)41-39(42-38)31-21-10-18-28-27-16-7-8-22-32(27)43-35(28)31/h1-23H/i1D,3D,4D,12D,13D. The number of aromatic nitrogens is 3. The van der Waals surface area contributed by atoms with E-state index >= 15 is 0 Å². The van der Waals surface area contributed by atoms with Gasteiger partial charge in [0.2, 0.25) is 0 Å². The van der Waals surface area contributed by atoms with Crippen molar-refractivity contribution in [3.8, 4) is 45.3 Å². The lowest BCUT2D eigenvalue weighted by Crippen LogP contribution is -2.00. The van der Waals surface area contributed by atoms with Crippen molar-refractivity contribution in [3.05, 3.63) is 139 Å². The van der Waals surface area contributed by atoms with Gasteiger partial charge >= 0.3 is 0 Å². The molecule has 0 saturated heterocycles.